The van der Waals surface area contributed by atoms with Crippen molar-refractivity contribution >= 4 is 17.0 Å². The van der Waals surface area contributed by atoms with Gasteiger partial charge in [-0.25, -0.2) is 9.78 Å². The molecule has 0 radical (unpaired) electrons. The number of amides is 1. The quantitative estimate of drug-likeness (QED) is 0.662. The van der Waals surface area contributed by atoms with Crippen molar-refractivity contribution in [2.45, 2.75) is 6.54 Å². The molecular formula is C12H14N4O3. The molecule has 0 atom stereocenters. The highest BCUT2D eigenvalue weighted by molar-refractivity contribution is 5.77. The summed E-state index contributed by atoms with van der Waals surface area (Å²) in [5.74, 6) is 0.530. The number of rotatable bonds is 5. The maximum absolute atomic E-state index is 11.8. The number of para-hydroxylation sites is 1. The van der Waals surface area contributed by atoms with E-state index in [1.54, 1.807) is 18.2 Å². The van der Waals surface area contributed by atoms with Crippen LogP contribution in [-0.2, 0) is 11.3 Å². The Kier molecular flexibility index (Phi) is 4.09. The summed E-state index contributed by atoms with van der Waals surface area (Å²) in [7, 11) is 0. The lowest BCUT2D eigenvalue weighted by Crippen LogP contribution is -2.25. The number of hydrogen-bond donors (Lipinski definition) is 3. The Morgan fingerprint density at radius 1 is 1.42 bits per heavy atom. The van der Waals surface area contributed by atoms with Crippen LogP contribution in [0.4, 0.5) is 4.79 Å². The third-order valence-corrected chi connectivity index (χ3v) is 2.48. The van der Waals surface area contributed by atoms with Crippen LogP contribution in [0.15, 0.2) is 29.1 Å². The van der Waals surface area contributed by atoms with Crippen molar-refractivity contribution in [3.8, 4) is 0 Å². The number of nitrogens with two attached hydrogens (primary N) is 1. The summed E-state index contributed by atoms with van der Waals surface area (Å²) in [4.78, 5) is 29.1. The second-order valence-electron chi connectivity index (χ2n) is 3.87. The number of nitrogens with zero attached hydrogens (tertiary/aromatic N) is 1. The maximum atomic E-state index is 11.8. The van der Waals surface area contributed by atoms with E-state index in [-0.39, 0.29) is 12.2 Å². The first-order valence-corrected chi connectivity index (χ1v) is 5.77. The first kappa shape index (κ1) is 13.0. The topological polar surface area (TPSA) is 110 Å². The van der Waals surface area contributed by atoms with Crippen molar-refractivity contribution in [3.63, 3.8) is 0 Å². The molecule has 7 heteroatoms. The number of aromatic amines is 1. The van der Waals surface area contributed by atoms with E-state index in [0.717, 1.165) is 0 Å². The number of carbonyl (C=O) groups is 1. The van der Waals surface area contributed by atoms with Crippen molar-refractivity contribution in [2.24, 2.45) is 5.73 Å². The third-order valence-electron chi connectivity index (χ3n) is 2.48. The Bertz CT molecular complexity index is 638. The molecule has 4 N–H and O–H groups in total. The van der Waals surface area contributed by atoms with Gasteiger partial charge < -0.3 is 20.8 Å². The van der Waals surface area contributed by atoms with E-state index in [1.165, 1.54) is 0 Å². The molecule has 0 aliphatic rings. The molecule has 2 rings (SSSR count). The fraction of sp³-hybridized carbons (Fsp3) is 0.250. The van der Waals surface area contributed by atoms with Gasteiger partial charge in [-0.1, -0.05) is 12.1 Å². The van der Waals surface area contributed by atoms with E-state index in [4.69, 9.17) is 5.73 Å². The summed E-state index contributed by atoms with van der Waals surface area (Å²) in [5.41, 5.74) is 5.30. The van der Waals surface area contributed by atoms with Crippen molar-refractivity contribution in [2.75, 3.05) is 13.2 Å². The second kappa shape index (κ2) is 5.96. The van der Waals surface area contributed by atoms with Gasteiger partial charge in [-0.2, -0.15) is 0 Å². The zero-order valence-electron chi connectivity index (χ0n) is 10.2. The van der Waals surface area contributed by atoms with Crippen LogP contribution in [0, 0.1) is 0 Å². The van der Waals surface area contributed by atoms with Crippen LogP contribution in [0.1, 0.15) is 5.82 Å². The largest absolute Gasteiger partial charge is 0.448 e. The number of primary amides is 1. The fourth-order valence-electron chi connectivity index (χ4n) is 1.65. The number of H-pyrrole nitrogens is 1. The molecule has 1 aromatic carbocycles. The molecular weight excluding hydrogens is 248 g/mol. The summed E-state index contributed by atoms with van der Waals surface area (Å²) in [6.45, 7) is 0.981. The molecule has 0 saturated heterocycles. The average molecular weight is 262 g/mol. The predicted octanol–water partition coefficient (Wildman–Crippen LogP) is 0.108. The lowest BCUT2D eigenvalue weighted by atomic mass is 10.2. The number of benzene rings is 1. The van der Waals surface area contributed by atoms with Crippen LogP contribution in [0.3, 0.4) is 0 Å². The summed E-state index contributed by atoms with van der Waals surface area (Å²) in [6.07, 6.45) is -0.806. The Morgan fingerprint density at radius 3 is 3.00 bits per heavy atom. The second-order valence-corrected chi connectivity index (χ2v) is 3.87. The minimum absolute atomic E-state index is 0.171. The lowest BCUT2D eigenvalue weighted by Gasteiger charge is -2.05. The van der Waals surface area contributed by atoms with Crippen LogP contribution in [0.25, 0.3) is 10.9 Å². The fourth-order valence-corrected chi connectivity index (χ4v) is 1.65. The number of aromatic nitrogens is 2. The van der Waals surface area contributed by atoms with Crippen LogP contribution in [0.2, 0.25) is 0 Å². The summed E-state index contributed by atoms with van der Waals surface area (Å²) in [6, 6.07) is 7.12. The maximum Gasteiger partial charge on any atom is 0.404 e. The Labute approximate surface area is 108 Å². The zero-order chi connectivity index (χ0) is 13.7. The smallest absolute Gasteiger partial charge is 0.404 e. The number of carbonyl (C=O) groups excluding carboxylic acids is 1. The van der Waals surface area contributed by atoms with E-state index in [2.05, 4.69) is 20.0 Å². The van der Waals surface area contributed by atoms with Crippen molar-refractivity contribution in [1.29, 1.82) is 0 Å². The first-order valence-electron chi connectivity index (χ1n) is 5.77. The normalized spacial score (nSPS) is 10.5. The van der Waals surface area contributed by atoms with Gasteiger partial charge in [0, 0.05) is 6.54 Å². The van der Waals surface area contributed by atoms with Gasteiger partial charge in [-0.05, 0) is 12.1 Å². The van der Waals surface area contributed by atoms with Gasteiger partial charge in [0.2, 0.25) is 0 Å². The van der Waals surface area contributed by atoms with Gasteiger partial charge in [0.25, 0.3) is 5.56 Å². The molecule has 1 aromatic heterocycles. The van der Waals surface area contributed by atoms with Crippen LogP contribution < -0.4 is 16.6 Å². The SMILES string of the molecule is NC(=O)OCCNCc1nc2ccccc2c(=O)[nH]1. The molecule has 7 nitrogen and oxygen atoms in total. The van der Waals surface area contributed by atoms with Gasteiger partial charge in [-0.3, -0.25) is 4.79 Å². The van der Waals surface area contributed by atoms with Crippen molar-refractivity contribution < 1.29 is 9.53 Å². The molecule has 100 valence electrons. The minimum Gasteiger partial charge on any atom is -0.448 e. The van der Waals surface area contributed by atoms with Gasteiger partial charge in [0.1, 0.15) is 12.4 Å². The molecule has 2 aromatic rings. The first-order chi connectivity index (χ1) is 9.16. The number of ether oxygens (including phenoxy) is 1. The van der Waals surface area contributed by atoms with Crippen molar-refractivity contribution in [3.05, 3.63) is 40.4 Å². The molecule has 0 spiro atoms. The van der Waals surface area contributed by atoms with E-state index in [1.807, 2.05) is 6.07 Å². The molecule has 1 heterocycles. The Hall–Kier alpha value is -2.41. The summed E-state index contributed by atoms with van der Waals surface area (Å²) in [5, 5.41) is 3.54. The van der Waals surface area contributed by atoms with Gasteiger partial charge in [0.15, 0.2) is 0 Å². The highest BCUT2D eigenvalue weighted by atomic mass is 16.5. The van der Waals surface area contributed by atoms with E-state index in [9.17, 15) is 9.59 Å². The molecule has 0 fully saturated rings. The van der Waals surface area contributed by atoms with Crippen LogP contribution >= 0.6 is 0 Å². The third kappa shape index (κ3) is 3.52. The van der Waals surface area contributed by atoms with E-state index < -0.39 is 6.09 Å². The van der Waals surface area contributed by atoms with Crippen LogP contribution in [-0.4, -0.2) is 29.2 Å². The van der Waals surface area contributed by atoms with Crippen molar-refractivity contribution in [1.82, 2.24) is 15.3 Å². The van der Waals surface area contributed by atoms with E-state index >= 15 is 0 Å². The molecule has 0 unspecified atom stereocenters. The van der Waals surface area contributed by atoms with Gasteiger partial charge in [0.05, 0.1) is 17.4 Å². The highest BCUT2D eigenvalue weighted by Gasteiger charge is 2.02. The number of nitrogens with one attached hydrogen (secondary N) is 2. The average Bonchev–Trinajstić information content (AvgIpc) is 2.38. The molecule has 19 heavy (non-hydrogen) atoms. The summed E-state index contributed by atoms with van der Waals surface area (Å²) >= 11 is 0. The lowest BCUT2D eigenvalue weighted by molar-refractivity contribution is 0.157. The van der Waals surface area contributed by atoms with Gasteiger partial charge in [-0.15, -0.1) is 0 Å². The Balaban J connectivity index is 1.98. The minimum atomic E-state index is -0.806. The number of hydrogen-bond acceptors (Lipinski definition) is 5. The molecule has 0 bridgehead atoms. The predicted molar refractivity (Wildman–Crippen MR) is 69.6 cm³/mol. The summed E-state index contributed by atoms with van der Waals surface area (Å²) < 4.78 is 4.56. The zero-order valence-corrected chi connectivity index (χ0v) is 10.2. The highest BCUT2D eigenvalue weighted by Crippen LogP contribution is 2.05. The van der Waals surface area contributed by atoms with Gasteiger partial charge >= 0.3 is 6.09 Å². The van der Waals surface area contributed by atoms with Crippen LogP contribution in [0.5, 0.6) is 0 Å². The Morgan fingerprint density at radius 2 is 2.21 bits per heavy atom. The monoisotopic (exact) mass is 262 g/mol. The standard InChI is InChI=1S/C12H14N4O3/c13-12(18)19-6-5-14-7-10-15-9-4-2-1-3-8(9)11(17)16-10/h1-4,14H,5-7H2,(H2,13,18)(H,15,16,17). The van der Waals surface area contributed by atoms with E-state index in [0.29, 0.717) is 29.8 Å². The molecule has 0 aliphatic carbocycles. The molecule has 0 saturated carbocycles. The number of fused-ring (bicyclic) bond motifs is 1. The molecule has 1 amide bonds. The molecule has 0 aliphatic heterocycles.